The van der Waals surface area contributed by atoms with Crippen LogP contribution in [0.3, 0.4) is 0 Å². The van der Waals surface area contributed by atoms with Gasteiger partial charge in [-0.15, -0.1) is 0 Å². The average molecular weight is 289 g/mol. The van der Waals surface area contributed by atoms with Crippen molar-refractivity contribution < 1.29 is 9.47 Å². The van der Waals surface area contributed by atoms with Crippen LogP contribution in [0, 0.1) is 5.41 Å². The minimum atomic E-state index is 0.236. The van der Waals surface area contributed by atoms with Gasteiger partial charge in [-0.1, -0.05) is 25.1 Å². The molecule has 1 aromatic carbocycles. The fourth-order valence-electron chi connectivity index (χ4n) is 4.40. The Balaban J connectivity index is 1.85. The molecule has 3 nitrogen and oxygen atoms in total. The summed E-state index contributed by atoms with van der Waals surface area (Å²) < 4.78 is 11.2. The Bertz CT molecular complexity index is 472. The molecule has 0 radical (unpaired) electrons. The Morgan fingerprint density at radius 2 is 1.90 bits per heavy atom. The number of likely N-dealkylation sites (N-methyl/N-ethyl adjacent to an activating group) is 1. The van der Waals surface area contributed by atoms with Gasteiger partial charge in [0.25, 0.3) is 0 Å². The first kappa shape index (κ1) is 14.9. The maximum atomic E-state index is 5.63. The number of hydrogen-bond donors (Lipinski definition) is 1. The number of hydrogen-bond acceptors (Lipinski definition) is 3. The highest BCUT2D eigenvalue weighted by Gasteiger charge is 2.55. The molecule has 116 valence electrons. The summed E-state index contributed by atoms with van der Waals surface area (Å²) in [6.45, 7) is 6.12. The first-order valence-corrected chi connectivity index (χ1v) is 8.16. The lowest BCUT2D eigenvalue weighted by Crippen LogP contribution is -2.56. The first-order valence-electron chi connectivity index (χ1n) is 8.16. The zero-order valence-electron chi connectivity index (χ0n) is 13.3. The van der Waals surface area contributed by atoms with Crippen LogP contribution in [-0.2, 0) is 10.2 Å². The maximum Gasteiger partial charge on any atom is 0.122 e. The van der Waals surface area contributed by atoms with Crippen LogP contribution in [0.15, 0.2) is 24.3 Å². The second-order valence-electron chi connectivity index (χ2n) is 6.73. The first-order chi connectivity index (χ1) is 10.2. The van der Waals surface area contributed by atoms with Gasteiger partial charge in [0, 0.05) is 30.7 Å². The zero-order valence-corrected chi connectivity index (χ0v) is 13.3. The lowest BCUT2D eigenvalue weighted by molar-refractivity contribution is -0.0740. The van der Waals surface area contributed by atoms with Gasteiger partial charge in [-0.3, -0.25) is 0 Å². The number of nitrogens with one attached hydrogen (secondary N) is 1. The molecular formula is C18H27NO2. The van der Waals surface area contributed by atoms with Crippen LogP contribution < -0.4 is 10.1 Å². The summed E-state index contributed by atoms with van der Waals surface area (Å²) in [6.07, 6.45) is 4.96. The third kappa shape index (κ3) is 2.69. The molecule has 2 aliphatic rings. The SMILES string of the molecule is CCNCC1(c2ccccc2OC)CC2(CCOCC2)C1. The molecule has 1 N–H and O–H groups in total. The van der Waals surface area contributed by atoms with Crippen LogP contribution >= 0.6 is 0 Å². The molecule has 0 bridgehead atoms. The van der Waals surface area contributed by atoms with E-state index in [1.54, 1.807) is 7.11 Å². The van der Waals surface area contributed by atoms with Gasteiger partial charge in [0.05, 0.1) is 7.11 Å². The number of para-hydroxylation sites is 1. The quantitative estimate of drug-likeness (QED) is 0.903. The van der Waals surface area contributed by atoms with E-state index >= 15 is 0 Å². The molecule has 1 spiro atoms. The molecule has 1 aliphatic heterocycles. The Labute approximate surface area is 128 Å². The van der Waals surface area contributed by atoms with Crippen molar-refractivity contribution in [3.63, 3.8) is 0 Å². The van der Waals surface area contributed by atoms with Gasteiger partial charge in [-0.2, -0.15) is 0 Å². The van der Waals surface area contributed by atoms with Crippen LogP contribution in [-0.4, -0.2) is 33.4 Å². The standard InChI is InChI=1S/C18H27NO2/c1-3-19-14-18(15-6-4-5-7-16(15)20-2)12-17(13-18)8-10-21-11-9-17/h4-7,19H,3,8-14H2,1-2H3. The van der Waals surface area contributed by atoms with Gasteiger partial charge in [-0.25, -0.2) is 0 Å². The van der Waals surface area contributed by atoms with E-state index in [9.17, 15) is 0 Å². The molecule has 0 atom stereocenters. The molecule has 1 aromatic rings. The Morgan fingerprint density at radius 3 is 2.57 bits per heavy atom. The van der Waals surface area contributed by atoms with Crippen LogP contribution in [0.25, 0.3) is 0 Å². The van der Waals surface area contributed by atoms with E-state index in [1.807, 2.05) is 0 Å². The molecule has 0 amide bonds. The lowest BCUT2D eigenvalue weighted by atomic mass is 9.48. The van der Waals surface area contributed by atoms with E-state index in [0.717, 1.165) is 32.1 Å². The molecule has 2 fully saturated rings. The summed E-state index contributed by atoms with van der Waals surface area (Å²) in [5, 5.41) is 3.58. The van der Waals surface area contributed by atoms with E-state index in [-0.39, 0.29) is 5.41 Å². The van der Waals surface area contributed by atoms with Crippen molar-refractivity contribution in [1.29, 1.82) is 0 Å². The van der Waals surface area contributed by atoms with E-state index in [2.05, 4.69) is 36.5 Å². The third-order valence-electron chi connectivity index (χ3n) is 5.37. The molecule has 3 heteroatoms. The average Bonchev–Trinajstić information content (AvgIpc) is 2.51. The Kier molecular flexibility index (Phi) is 4.23. The van der Waals surface area contributed by atoms with Crippen molar-refractivity contribution >= 4 is 0 Å². The highest BCUT2D eigenvalue weighted by atomic mass is 16.5. The molecule has 1 saturated carbocycles. The maximum absolute atomic E-state index is 5.63. The van der Waals surface area contributed by atoms with Crippen LogP contribution in [0.2, 0.25) is 0 Å². The summed E-state index contributed by atoms with van der Waals surface area (Å²) in [7, 11) is 1.78. The summed E-state index contributed by atoms with van der Waals surface area (Å²) in [6, 6.07) is 8.55. The smallest absolute Gasteiger partial charge is 0.122 e. The molecule has 0 aromatic heterocycles. The van der Waals surface area contributed by atoms with E-state index < -0.39 is 0 Å². The molecule has 21 heavy (non-hydrogen) atoms. The van der Waals surface area contributed by atoms with Crippen LogP contribution in [0.1, 0.15) is 38.2 Å². The minimum Gasteiger partial charge on any atom is -0.496 e. The van der Waals surface area contributed by atoms with Crippen molar-refractivity contribution in [3.05, 3.63) is 29.8 Å². The fraction of sp³-hybridized carbons (Fsp3) is 0.667. The summed E-state index contributed by atoms with van der Waals surface area (Å²) in [5.74, 6) is 1.04. The molecular weight excluding hydrogens is 262 g/mol. The predicted octanol–water partition coefficient (Wildman–Crippen LogP) is 3.13. The molecule has 1 heterocycles. The highest BCUT2D eigenvalue weighted by molar-refractivity contribution is 5.43. The van der Waals surface area contributed by atoms with Gasteiger partial charge in [0.15, 0.2) is 0 Å². The minimum absolute atomic E-state index is 0.236. The monoisotopic (exact) mass is 289 g/mol. The largest absolute Gasteiger partial charge is 0.496 e. The van der Waals surface area contributed by atoms with Crippen LogP contribution in [0.5, 0.6) is 5.75 Å². The number of ether oxygens (including phenoxy) is 2. The Morgan fingerprint density at radius 1 is 1.19 bits per heavy atom. The summed E-state index contributed by atoms with van der Waals surface area (Å²) in [4.78, 5) is 0. The van der Waals surface area contributed by atoms with Crippen molar-refractivity contribution in [2.24, 2.45) is 5.41 Å². The van der Waals surface area contributed by atoms with E-state index in [0.29, 0.717) is 5.41 Å². The van der Waals surface area contributed by atoms with E-state index in [1.165, 1.54) is 31.2 Å². The number of benzene rings is 1. The van der Waals surface area contributed by atoms with Gasteiger partial charge >= 0.3 is 0 Å². The van der Waals surface area contributed by atoms with Crippen molar-refractivity contribution in [2.75, 3.05) is 33.4 Å². The zero-order chi connectivity index (χ0) is 14.8. The second-order valence-corrected chi connectivity index (χ2v) is 6.73. The molecule has 1 aliphatic carbocycles. The molecule has 3 rings (SSSR count). The van der Waals surface area contributed by atoms with Crippen LogP contribution in [0.4, 0.5) is 0 Å². The van der Waals surface area contributed by atoms with Crippen molar-refractivity contribution in [2.45, 2.75) is 38.0 Å². The molecule has 1 saturated heterocycles. The van der Waals surface area contributed by atoms with Crippen molar-refractivity contribution in [1.82, 2.24) is 5.32 Å². The van der Waals surface area contributed by atoms with Gasteiger partial charge < -0.3 is 14.8 Å². The third-order valence-corrected chi connectivity index (χ3v) is 5.37. The Hall–Kier alpha value is -1.06. The van der Waals surface area contributed by atoms with Gasteiger partial charge in [0.2, 0.25) is 0 Å². The highest BCUT2D eigenvalue weighted by Crippen LogP contribution is 2.61. The van der Waals surface area contributed by atoms with E-state index in [4.69, 9.17) is 9.47 Å². The number of rotatable bonds is 5. The lowest BCUT2D eigenvalue weighted by Gasteiger charge is -2.58. The summed E-state index contributed by atoms with van der Waals surface area (Å²) >= 11 is 0. The second kappa shape index (κ2) is 5.98. The predicted molar refractivity (Wildman–Crippen MR) is 84.9 cm³/mol. The fourth-order valence-corrected chi connectivity index (χ4v) is 4.40. The topological polar surface area (TPSA) is 30.5 Å². The normalized spacial score (nSPS) is 22.8. The van der Waals surface area contributed by atoms with Gasteiger partial charge in [-0.05, 0) is 43.7 Å². The number of methoxy groups -OCH3 is 1. The van der Waals surface area contributed by atoms with Gasteiger partial charge in [0.1, 0.15) is 5.75 Å². The van der Waals surface area contributed by atoms with Crippen molar-refractivity contribution in [3.8, 4) is 5.75 Å². The summed E-state index contributed by atoms with van der Waals surface area (Å²) in [5.41, 5.74) is 2.12. The molecule has 0 unspecified atom stereocenters.